The first-order chi connectivity index (χ1) is 8.12. The lowest BCUT2D eigenvalue weighted by Gasteiger charge is -2.24. The molecule has 1 saturated carbocycles. The van der Waals surface area contributed by atoms with Gasteiger partial charge in [-0.2, -0.15) is 9.58 Å². The molecule has 0 bridgehead atoms. The highest BCUT2D eigenvalue weighted by atomic mass is 16.1. The summed E-state index contributed by atoms with van der Waals surface area (Å²) < 4.78 is 0. The van der Waals surface area contributed by atoms with Gasteiger partial charge in [0.2, 0.25) is 11.6 Å². The van der Waals surface area contributed by atoms with Gasteiger partial charge in [-0.05, 0) is 18.3 Å². The van der Waals surface area contributed by atoms with Crippen LogP contribution in [-0.4, -0.2) is 33.6 Å². The highest BCUT2D eigenvalue weighted by Crippen LogP contribution is 2.44. The summed E-state index contributed by atoms with van der Waals surface area (Å²) in [4.78, 5) is 28.3. The molecule has 0 atom stereocenters. The van der Waals surface area contributed by atoms with E-state index in [4.69, 9.17) is 11.1 Å². The normalized spacial score (nSPS) is 16.7. The summed E-state index contributed by atoms with van der Waals surface area (Å²) in [6, 6.07) is 0. The predicted octanol–water partition coefficient (Wildman–Crippen LogP) is 1.07. The van der Waals surface area contributed by atoms with E-state index in [-0.39, 0.29) is 29.8 Å². The number of Topliss-reactive ketones (excluding diaryl/α,β-unsaturated/α-hetero) is 2. The van der Waals surface area contributed by atoms with Gasteiger partial charge in [0.1, 0.15) is 0 Å². The molecular formula is C11H14N4O2. The fourth-order valence-electron chi connectivity index (χ4n) is 2.50. The zero-order valence-corrected chi connectivity index (χ0v) is 9.50. The van der Waals surface area contributed by atoms with E-state index >= 15 is 0 Å². The molecule has 0 unspecified atom stereocenters. The van der Waals surface area contributed by atoms with Gasteiger partial charge in [-0.1, -0.05) is 12.8 Å². The fourth-order valence-corrected chi connectivity index (χ4v) is 2.50. The van der Waals surface area contributed by atoms with E-state index in [0.717, 1.165) is 38.1 Å². The molecule has 0 aromatic carbocycles. The molecule has 0 heterocycles. The number of nitrogens with zero attached hydrogens (tertiary/aromatic N) is 4. The lowest BCUT2D eigenvalue weighted by atomic mass is 9.77. The number of ketones is 2. The zero-order chi connectivity index (χ0) is 12.7. The second kappa shape index (κ2) is 5.99. The third-order valence-corrected chi connectivity index (χ3v) is 3.17. The van der Waals surface area contributed by atoms with Crippen LogP contribution < -0.4 is 0 Å². The molecule has 0 N–H and O–H groups in total. The molecule has 17 heavy (non-hydrogen) atoms. The summed E-state index contributed by atoms with van der Waals surface area (Å²) in [5.41, 5.74) is 16.2. The molecule has 0 aliphatic heterocycles. The van der Waals surface area contributed by atoms with Crippen LogP contribution in [0.2, 0.25) is 0 Å². The Morgan fingerprint density at radius 3 is 1.76 bits per heavy atom. The van der Waals surface area contributed by atoms with Gasteiger partial charge >= 0.3 is 12.4 Å². The van der Waals surface area contributed by atoms with Gasteiger partial charge in [0.25, 0.3) is 0 Å². The third-order valence-electron chi connectivity index (χ3n) is 3.17. The maximum atomic E-state index is 11.4. The quantitative estimate of drug-likeness (QED) is 0.389. The van der Waals surface area contributed by atoms with Crippen molar-refractivity contribution in [2.75, 3.05) is 0 Å². The zero-order valence-electron chi connectivity index (χ0n) is 9.50. The van der Waals surface area contributed by atoms with Crippen LogP contribution in [0.15, 0.2) is 0 Å². The van der Waals surface area contributed by atoms with Crippen LogP contribution in [0.1, 0.15) is 38.5 Å². The maximum absolute atomic E-state index is 11.4. The lowest BCUT2D eigenvalue weighted by Crippen LogP contribution is -2.26. The van der Waals surface area contributed by atoms with E-state index < -0.39 is 0 Å². The summed E-state index contributed by atoms with van der Waals surface area (Å²) in [5.74, 6) is -0.578. The average Bonchev–Trinajstić information content (AvgIpc) is 2.66. The van der Waals surface area contributed by atoms with E-state index in [1.165, 1.54) is 0 Å². The Labute approximate surface area is 98.9 Å². The van der Waals surface area contributed by atoms with Crippen molar-refractivity contribution < 1.29 is 19.2 Å². The standard InChI is InChI=1S/C11H14N4O2/c12-14-7-9(16)5-11(3-1-2-4-11)6-10(17)8-15-13/h7-8H,1-6H2. The van der Waals surface area contributed by atoms with E-state index in [2.05, 4.69) is 9.58 Å². The van der Waals surface area contributed by atoms with Gasteiger partial charge in [-0.3, -0.25) is 9.59 Å². The number of hydrogen-bond acceptors (Lipinski definition) is 2. The van der Waals surface area contributed by atoms with Crippen molar-refractivity contribution in [1.29, 1.82) is 0 Å². The van der Waals surface area contributed by atoms with Crippen LogP contribution in [0.25, 0.3) is 11.1 Å². The number of rotatable bonds is 6. The molecule has 0 spiro atoms. The first kappa shape index (κ1) is 13.2. The summed E-state index contributed by atoms with van der Waals surface area (Å²) in [6.07, 6.45) is 5.67. The fraction of sp³-hybridized carbons (Fsp3) is 0.636. The minimum atomic E-state index is -0.365. The molecule has 6 heteroatoms. The summed E-state index contributed by atoms with van der Waals surface area (Å²) in [7, 11) is 0. The molecule has 1 fully saturated rings. The van der Waals surface area contributed by atoms with Gasteiger partial charge < -0.3 is 11.1 Å². The van der Waals surface area contributed by atoms with Crippen molar-refractivity contribution in [3.05, 3.63) is 11.1 Å². The average molecular weight is 234 g/mol. The Morgan fingerprint density at radius 1 is 1.00 bits per heavy atom. The molecule has 0 amide bonds. The van der Waals surface area contributed by atoms with Crippen molar-refractivity contribution in [3.8, 4) is 0 Å². The van der Waals surface area contributed by atoms with Crippen LogP contribution in [0, 0.1) is 5.41 Å². The molecule has 1 aliphatic carbocycles. The Hall–Kier alpha value is -1.90. The second-order valence-electron chi connectivity index (χ2n) is 4.48. The lowest BCUT2D eigenvalue weighted by molar-refractivity contribution is -0.121. The minimum Gasteiger partial charge on any atom is -0.361 e. The first-order valence-electron chi connectivity index (χ1n) is 5.52. The molecule has 0 radical (unpaired) electrons. The van der Waals surface area contributed by atoms with Gasteiger partial charge in [0.05, 0.1) is 0 Å². The van der Waals surface area contributed by atoms with Crippen molar-refractivity contribution in [1.82, 2.24) is 0 Å². The van der Waals surface area contributed by atoms with E-state index in [0.29, 0.717) is 0 Å². The van der Waals surface area contributed by atoms with Crippen molar-refractivity contribution in [2.24, 2.45) is 5.41 Å². The molecule has 0 saturated heterocycles. The van der Waals surface area contributed by atoms with E-state index in [9.17, 15) is 9.59 Å². The first-order valence-corrected chi connectivity index (χ1v) is 5.52. The molecule has 1 rings (SSSR count). The van der Waals surface area contributed by atoms with Crippen LogP contribution in [0.4, 0.5) is 0 Å². The van der Waals surface area contributed by atoms with Crippen molar-refractivity contribution in [3.63, 3.8) is 0 Å². The minimum absolute atomic E-state index is 0.196. The Morgan fingerprint density at radius 2 is 1.41 bits per heavy atom. The molecule has 0 aromatic heterocycles. The van der Waals surface area contributed by atoms with Crippen LogP contribution >= 0.6 is 0 Å². The topological polar surface area (TPSA) is 107 Å². The number of carbonyl (C=O) groups is 2. The molecular weight excluding hydrogens is 220 g/mol. The maximum Gasteiger partial charge on any atom is 0.323 e. The van der Waals surface area contributed by atoms with Gasteiger partial charge in [-0.25, -0.2) is 0 Å². The highest BCUT2D eigenvalue weighted by molar-refractivity contribution is 6.27. The van der Waals surface area contributed by atoms with Crippen LogP contribution in [0.5, 0.6) is 0 Å². The smallest absolute Gasteiger partial charge is 0.323 e. The van der Waals surface area contributed by atoms with E-state index in [1.54, 1.807) is 0 Å². The Kier molecular flexibility index (Phi) is 4.64. The monoisotopic (exact) mass is 234 g/mol. The van der Waals surface area contributed by atoms with Gasteiger partial charge in [0.15, 0.2) is 0 Å². The number of carbonyl (C=O) groups excluding carboxylic acids is 2. The molecule has 0 aromatic rings. The predicted molar refractivity (Wildman–Crippen MR) is 59.5 cm³/mol. The Balaban J connectivity index is 2.75. The molecule has 1 aliphatic rings. The molecule has 90 valence electrons. The van der Waals surface area contributed by atoms with Crippen LogP contribution in [0.3, 0.4) is 0 Å². The largest absolute Gasteiger partial charge is 0.361 e. The van der Waals surface area contributed by atoms with Gasteiger partial charge in [0, 0.05) is 12.8 Å². The van der Waals surface area contributed by atoms with Gasteiger partial charge in [-0.15, -0.1) is 0 Å². The summed E-state index contributed by atoms with van der Waals surface area (Å²) in [5, 5.41) is 0. The van der Waals surface area contributed by atoms with E-state index in [1.807, 2.05) is 0 Å². The highest BCUT2D eigenvalue weighted by Gasteiger charge is 2.38. The Bertz CT molecular complexity index is 377. The SMILES string of the molecule is [N-]=[N+]=CC(=O)CC1(CC(=O)C=[N+]=[N-])CCCC1. The summed E-state index contributed by atoms with van der Waals surface area (Å²) >= 11 is 0. The van der Waals surface area contributed by atoms with Crippen molar-refractivity contribution in [2.45, 2.75) is 38.5 Å². The number of hydrogen-bond donors (Lipinski definition) is 0. The van der Waals surface area contributed by atoms with Crippen molar-refractivity contribution >= 4 is 24.0 Å². The molecule has 6 nitrogen and oxygen atoms in total. The van der Waals surface area contributed by atoms with Crippen LogP contribution in [-0.2, 0) is 9.59 Å². The second-order valence-corrected chi connectivity index (χ2v) is 4.48. The summed E-state index contributed by atoms with van der Waals surface area (Å²) in [6.45, 7) is 0. The third kappa shape index (κ3) is 3.87.